The number of benzene rings is 2. The van der Waals surface area contributed by atoms with E-state index in [0.717, 1.165) is 29.7 Å². The van der Waals surface area contributed by atoms with E-state index >= 15 is 0 Å². The smallest absolute Gasteiger partial charge is 0.253 e. The lowest BCUT2D eigenvalue weighted by Crippen LogP contribution is -2.43. The number of para-hydroxylation sites is 1. The SMILES string of the molecule is COc1ccccc1-c1cc(NC(=O)C(c2ccccc2)N2CCCCC2=O)n[nH]1. The molecule has 1 aliphatic rings. The third-order valence-corrected chi connectivity index (χ3v) is 5.26. The molecule has 2 aromatic carbocycles. The normalized spacial score (nSPS) is 15.0. The Bertz CT molecular complexity index is 1030. The van der Waals surface area contributed by atoms with Crippen LogP contribution in [0, 0.1) is 0 Å². The number of hydrogen-bond donors (Lipinski definition) is 2. The van der Waals surface area contributed by atoms with Crippen molar-refractivity contribution in [3.8, 4) is 17.0 Å². The Balaban J connectivity index is 1.59. The summed E-state index contributed by atoms with van der Waals surface area (Å²) in [7, 11) is 1.61. The van der Waals surface area contributed by atoms with Crippen LogP contribution in [0.15, 0.2) is 60.7 Å². The number of amides is 2. The maximum Gasteiger partial charge on any atom is 0.253 e. The molecule has 1 atom stereocenters. The van der Waals surface area contributed by atoms with Crippen LogP contribution < -0.4 is 10.1 Å². The first-order valence-corrected chi connectivity index (χ1v) is 10.0. The van der Waals surface area contributed by atoms with Gasteiger partial charge in [0.25, 0.3) is 5.91 Å². The lowest BCUT2D eigenvalue weighted by Gasteiger charge is -2.33. The second kappa shape index (κ2) is 8.82. The molecule has 154 valence electrons. The van der Waals surface area contributed by atoms with Crippen molar-refractivity contribution in [2.45, 2.75) is 25.3 Å². The quantitative estimate of drug-likeness (QED) is 0.655. The van der Waals surface area contributed by atoms with Gasteiger partial charge < -0.3 is 15.0 Å². The summed E-state index contributed by atoms with van der Waals surface area (Å²) < 4.78 is 5.40. The van der Waals surface area contributed by atoms with Crippen LogP contribution in [0.3, 0.4) is 0 Å². The minimum Gasteiger partial charge on any atom is -0.496 e. The number of aromatic amines is 1. The second-order valence-electron chi connectivity index (χ2n) is 7.21. The van der Waals surface area contributed by atoms with Gasteiger partial charge in [-0.2, -0.15) is 5.10 Å². The van der Waals surface area contributed by atoms with Gasteiger partial charge in [-0.1, -0.05) is 42.5 Å². The lowest BCUT2D eigenvalue weighted by atomic mass is 10.0. The first-order chi connectivity index (χ1) is 14.7. The molecule has 1 fully saturated rings. The van der Waals surface area contributed by atoms with Gasteiger partial charge in [0, 0.05) is 24.6 Å². The predicted molar refractivity (Wildman–Crippen MR) is 114 cm³/mol. The highest BCUT2D eigenvalue weighted by molar-refractivity contribution is 5.97. The molecule has 7 heteroatoms. The number of anilines is 1. The van der Waals surface area contributed by atoms with E-state index in [-0.39, 0.29) is 11.8 Å². The van der Waals surface area contributed by atoms with E-state index in [1.165, 1.54) is 0 Å². The number of hydrogen-bond acceptors (Lipinski definition) is 4. The minimum absolute atomic E-state index is 0.00184. The summed E-state index contributed by atoms with van der Waals surface area (Å²) in [6.45, 7) is 0.568. The molecule has 0 bridgehead atoms. The van der Waals surface area contributed by atoms with Gasteiger partial charge in [-0.25, -0.2) is 0 Å². The zero-order chi connectivity index (χ0) is 20.9. The zero-order valence-electron chi connectivity index (χ0n) is 16.8. The van der Waals surface area contributed by atoms with Gasteiger partial charge in [-0.15, -0.1) is 0 Å². The van der Waals surface area contributed by atoms with Crippen molar-refractivity contribution in [1.82, 2.24) is 15.1 Å². The van der Waals surface area contributed by atoms with Gasteiger partial charge in [0.05, 0.1) is 12.8 Å². The third kappa shape index (κ3) is 4.05. The Morgan fingerprint density at radius 3 is 2.67 bits per heavy atom. The van der Waals surface area contributed by atoms with Crippen molar-refractivity contribution in [2.75, 3.05) is 19.0 Å². The fraction of sp³-hybridized carbons (Fsp3) is 0.261. The van der Waals surface area contributed by atoms with Gasteiger partial charge in [-0.05, 0) is 30.5 Å². The zero-order valence-corrected chi connectivity index (χ0v) is 16.8. The first-order valence-electron chi connectivity index (χ1n) is 10.0. The van der Waals surface area contributed by atoms with Crippen molar-refractivity contribution >= 4 is 17.6 Å². The Morgan fingerprint density at radius 2 is 1.90 bits per heavy atom. The van der Waals surface area contributed by atoms with Crippen molar-refractivity contribution in [2.24, 2.45) is 0 Å². The lowest BCUT2D eigenvalue weighted by molar-refractivity contribution is -0.141. The minimum atomic E-state index is -0.689. The number of nitrogens with zero attached hydrogens (tertiary/aromatic N) is 2. The topological polar surface area (TPSA) is 87.3 Å². The fourth-order valence-electron chi connectivity index (χ4n) is 3.79. The number of likely N-dealkylation sites (tertiary alicyclic amines) is 1. The molecule has 0 aliphatic carbocycles. The van der Waals surface area contributed by atoms with Crippen LogP contribution >= 0.6 is 0 Å². The van der Waals surface area contributed by atoms with Crippen molar-refractivity contribution in [3.63, 3.8) is 0 Å². The molecule has 2 heterocycles. The second-order valence-corrected chi connectivity index (χ2v) is 7.21. The Labute approximate surface area is 175 Å². The van der Waals surface area contributed by atoms with E-state index in [0.29, 0.717) is 24.5 Å². The van der Waals surface area contributed by atoms with Gasteiger partial charge in [0.1, 0.15) is 11.8 Å². The van der Waals surface area contributed by atoms with Crippen LogP contribution in [-0.2, 0) is 9.59 Å². The number of piperidine rings is 1. The molecule has 0 saturated carbocycles. The number of aromatic nitrogens is 2. The highest BCUT2D eigenvalue weighted by atomic mass is 16.5. The number of H-pyrrole nitrogens is 1. The van der Waals surface area contributed by atoms with Gasteiger partial charge in [-0.3, -0.25) is 14.7 Å². The molecule has 2 amide bonds. The Morgan fingerprint density at radius 1 is 1.13 bits per heavy atom. The molecule has 4 rings (SSSR count). The van der Waals surface area contributed by atoms with E-state index < -0.39 is 6.04 Å². The summed E-state index contributed by atoms with van der Waals surface area (Å²) in [5, 5.41) is 10.0. The predicted octanol–water partition coefficient (Wildman–Crippen LogP) is 3.78. The summed E-state index contributed by atoms with van der Waals surface area (Å²) in [6, 6.07) is 18.0. The van der Waals surface area contributed by atoms with Gasteiger partial charge in [0.15, 0.2) is 5.82 Å². The van der Waals surface area contributed by atoms with Crippen LogP contribution in [-0.4, -0.2) is 40.6 Å². The molecule has 0 spiro atoms. The summed E-state index contributed by atoms with van der Waals surface area (Å²) in [5.41, 5.74) is 2.36. The van der Waals surface area contributed by atoms with Crippen molar-refractivity contribution in [3.05, 3.63) is 66.2 Å². The van der Waals surface area contributed by atoms with Crippen molar-refractivity contribution in [1.29, 1.82) is 0 Å². The maximum absolute atomic E-state index is 13.2. The molecule has 7 nitrogen and oxygen atoms in total. The van der Waals surface area contributed by atoms with E-state index in [1.54, 1.807) is 18.1 Å². The molecule has 2 N–H and O–H groups in total. The first kappa shape index (κ1) is 19.7. The summed E-state index contributed by atoms with van der Waals surface area (Å²) >= 11 is 0. The molecule has 0 radical (unpaired) electrons. The summed E-state index contributed by atoms with van der Waals surface area (Å²) in [6.07, 6.45) is 2.22. The molecular formula is C23H24N4O3. The van der Waals surface area contributed by atoms with Crippen LogP contribution in [0.1, 0.15) is 30.9 Å². The third-order valence-electron chi connectivity index (χ3n) is 5.26. The maximum atomic E-state index is 13.2. The summed E-state index contributed by atoms with van der Waals surface area (Å²) in [4.78, 5) is 27.4. The monoisotopic (exact) mass is 404 g/mol. The van der Waals surface area contributed by atoms with E-state index in [9.17, 15) is 9.59 Å². The Kier molecular flexibility index (Phi) is 5.79. The molecule has 30 heavy (non-hydrogen) atoms. The highest BCUT2D eigenvalue weighted by Crippen LogP contribution is 2.30. The van der Waals surface area contributed by atoms with Crippen molar-refractivity contribution < 1.29 is 14.3 Å². The number of carbonyl (C=O) groups is 2. The van der Waals surface area contributed by atoms with E-state index in [1.807, 2.05) is 54.6 Å². The number of nitrogens with one attached hydrogen (secondary N) is 2. The Hall–Kier alpha value is -3.61. The van der Waals surface area contributed by atoms with E-state index in [4.69, 9.17) is 4.74 Å². The van der Waals surface area contributed by atoms with Crippen LogP contribution in [0.25, 0.3) is 11.3 Å². The van der Waals surface area contributed by atoms with Crippen LogP contribution in [0.5, 0.6) is 5.75 Å². The molecule has 1 aliphatic heterocycles. The number of rotatable bonds is 6. The van der Waals surface area contributed by atoms with Gasteiger partial charge >= 0.3 is 0 Å². The highest BCUT2D eigenvalue weighted by Gasteiger charge is 2.33. The average molecular weight is 404 g/mol. The number of carbonyl (C=O) groups excluding carboxylic acids is 2. The van der Waals surface area contributed by atoms with Gasteiger partial charge in [0.2, 0.25) is 5.91 Å². The van der Waals surface area contributed by atoms with Crippen LogP contribution in [0.2, 0.25) is 0 Å². The fourth-order valence-corrected chi connectivity index (χ4v) is 3.79. The standard InChI is InChI=1S/C23H24N4O3/c1-30-19-12-6-5-11-17(19)18-15-20(26-25-18)24-23(29)22(16-9-3-2-4-10-16)27-14-8-7-13-21(27)28/h2-6,9-12,15,22H,7-8,13-14H2,1H3,(H2,24,25,26,29). The molecule has 1 saturated heterocycles. The molecular weight excluding hydrogens is 380 g/mol. The number of ether oxygens (including phenoxy) is 1. The molecule has 1 unspecified atom stereocenters. The van der Waals surface area contributed by atoms with E-state index in [2.05, 4.69) is 15.5 Å². The largest absolute Gasteiger partial charge is 0.496 e. The van der Waals surface area contributed by atoms with Crippen LogP contribution in [0.4, 0.5) is 5.82 Å². The molecule has 3 aromatic rings. The number of methoxy groups -OCH3 is 1. The molecule has 1 aromatic heterocycles. The average Bonchev–Trinajstić information content (AvgIpc) is 3.24. The summed E-state index contributed by atoms with van der Waals surface area (Å²) in [5.74, 6) is 0.822.